The Morgan fingerprint density at radius 3 is 2.51 bits per heavy atom. The van der Waals surface area contributed by atoms with Crippen LogP contribution in [0.2, 0.25) is 0 Å². The molecule has 0 radical (unpaired) electrons. The molecule has 6 rings (SSSR count). The molecule has 0 saturated heterocycles. The Morgan fingerprint density at radius 2 is 1.76 bits per heavy atom. The van der Waals surface area contributed by atoms with Crippen molar-refractivity contribution in [2.24, 2.45) is 0 Å². The van der Waals surface area contributed by atoms with Crippen LogP contribution >= 0.6 is 11.3 Å². The van der Waals surface area contributed by atoms with Crippen LogP contribution < -0.4 is 10.6 Å². The van der Waals surface area contributed by atoms with Crippen molar-refractivity contribution >= 4 is 45.7 Å². The predicted molar refractivity (Wildman–Crippen MR) is 158 cm³/mol. The van der Waals surface area contributed by atoms with E-state index in [1.54, 1.807) is 35.0 Å². The van der Waals surface area contributed by atoms with Gasteiger partial charge in [0.05, 0.1) is 46.2 Å². The number of oxazole rings is 1. The number of anilines is 2. The number of carbonyl (C=O) groups excluding carboxylic acids is 2. The van der Waals surface area contributed by atoms with Gasteiger partial charge in [-0.3, -0.25) is 14.9 Å². The fourth-order valence-corrected chi connectivity index (χ4v) is 5.33. The highest BCUT2D eigenvalue weighted by molar-refractivity contribution is 7.17. The van der Waals surface area contributed by atoms with E-state index < -0.39 is 6.10 Å². The smallest absolute Gasteiger partial charge is 0.268 e. The number of nitrogens with zero attached hydrogens (tertiary/aromatic N) is 3. The molecule has 6 aromatic rings. The molecule has 1 atom stereocenters. The van der Waals surface area contributed by atoms with Crippen LogP contribution in [0.3, 0.4) is 0 Å². The first kappa shape index (κ1) is 26.2. The molecule has 9 nitrogen and oxygen atoms in total. The van der Waals surface area contributed by atoms with Crippen molar-refractivity contribution in [2.75, 3.05) is 17.2 Å². The average Bonchev–Trinajstić information content (AvgIpc) is 3.78. The summed E-state index contributed by atoms with van der Waals surface area (Å²) in [5.41, 5.74) is 3.42. The number of Topliss-reactive ketones (excluding diaryl/α,β-unsaturated/α-hetero) is 1. The summed E-state index contributed by atoms with van der Waals surface area (Å²) < 4.78 is 7.13. The van der Waals surface area contributed by atoms with Crippen LogP contribution in [0.5, 0.6) is 0 Å². The molecule has 0 aliphatic carbocycles. The lowest BCUT2D eigenvalue weighted by atomic mass is 10.1. The molecule has 3 heterocycles. The Morgan fingerprint density at radius 1 is 0.976 bits per heavy atom. The van der Waals surface area contributed by atoms with E-state index in [1.165, 1.54) is 17.7 Å². The molecule has 0 unspecified atom stereocenters. The Labute approximate surface area is 239 Å². The Kier molecular flexibility index (Phi) is 7.40. The highest BCUT2D eigenvalue weighted by Gasteiger charge is 2.20. The fourth-order valence-electron chi connectivity index (χ4n) is 4.47. The Hall–Kier alpha value is -5.06. The lowest BCUT2D eigenvalue weighted by Gasteiger charge is -2.15. The second-order valence-electron chi connectivity index (χ2n) is 9.30. The van der Waals surface area contributed by atoms with Crippen LogP contribution in [0, 0.1) is 0 Å². The van der Waals surface area contributed by atoms with E-state index in [0.717, 1.165) is 16.0 Å². The summed E-state index contributed by atoms with van der Waals surface area (Å²) in [7, 11) is 0. The van der Waals surface area contributed by atoms with Gasteiger partial charge in [-0.1, -0.05) is 60.7 Å². The molecule has 0 aliphatic heterocycles. The van der Waals surface area contributed by atoms with Gasteiger partial charge in [0.25, 0.3) is 5.91 Å². The number of imidazole rings is 1. The van der Waals surface area contributed by atoms with Gasteiger partial charge in [0.2, 0.25) is 5.95 Å². The molecule has 0 aliphatic rings. The van der Waals surface area contributed by atoms with E-state index in [4.69, 9.17) is 9.40 Å². The summed E-state index contributed by atoms with van der Waals surface area (Å²) in [5, 5.41) is 17.1. The van der Waals surface area contributed by atoms with Gasteiger partial charge < -0.3 is 19.4 Å². The molecule has 3 aromatic carbocycles. The first-order chi connectivity index (χ1) is 20.0. The van der Waals surface area contributed by atoms with Crippen LogP contribution in [0.4, 0.5) is 11.6 Å². The number of carbonyl (C=O) groups is 2. The van der Waals surface area contributed by atoms with Crippen LogP contribution in [-0.4, -0.2) is 37.9 Å². The third kappa shape index (κ3) is 5.79. The van der Waals surface area contributed by atoms with Crippen molar-refractivity contribution in [3.8, 4) is 10.6 Å². The number of nitrogens with one attached hydrogen (secondary N) is 2. The number of fused-ring (bicyclic) bond motifs is 1. The van der Waals surface area contributed by atoms with Gasteiger partial charge in [0, 0.05) is 11.3 Å². The highest BCUT2D eigenvalue weighted by Crippen LogP contribution is 2.30. The first-order valence-electron chi connectivity index (χ1n) is 12.9. The van der Waals surface area contributed by atoms with Crippen LogP contribution in [0.1, 0.15) is 31.7 Å². The normalized spacial score (nSPS) is 11.8. The van der Waals surface area contributed by atoms with E-state index in [2.05, 4.69) is 15.6 Å². The van der Waals surface area contributed by atoms with Crippen molar-refractivity contribution in [2.45, 2.75) is 12.6 Å². The molecule has 0 spiro atoms. The SMILES string of the molecule is O=C(CNc1ccc2c(c1)nc(NC(=O)c1ccc(-c3cnco3)s1)n2C[C@H](O)c1ccccc1)c1ccccc1. The molecule has 0 fully saturated rings. The Balaban J connectivity index is 1.27. The maximum atomic E-state index is 13.2. The second-order valence-corrected chi connectivity index (χ2v) is 10.4. The molecule has 1 amide bonds. The number of aromatic nitrogens is 3. The topological polar surface area (TPSA) is 122 Å². The summed E-state index contributed by atoms with van der Waals surface area (Å²) >= 11 is 1.28. The fraction of sp³-hybridized carbons (Fsp3) is 0.0968. The Bertz CT molecular complexity index is 1800. The quantitative estimate of drug-likeness (QED) is 0.174. The molecule has 0 saturated carbocycles. The van der Waals surface area contributed by atoms with E-state index in [1.807, 2.05) is 66.7 Å². The van der Waals surface area contributed by atoms with Crippen molar-refractivity contribution in [1.82, 2.24) is 14.5 Å². The van der Waals surface area contributed by atoms with E-state index >= 15 is 0 Å². The van der Waals surface area contributed by atoms with E-state index in [9.17, 15) is 14.7 Å². The third-order valence-electron chi connectivity index (χ3n) is 6.57. The van der Waals surface area contributed by atoms with Crippen molar-refractivity contribution in [1.29, 1.82) is 0 Å². The van der Waals surface area contributed by atoms with Gasteiger partial charge in [0.1, 0.15) is 0 Å². The number of hydrogen-bond acceptors (Lipinski definition) is 8. The number of benzene rings is 3. The molecule has 3 aromatic heterocycles. The number of aliphatic hydroxyl groups excluding tert-OH is 1. The van der Waals surface area contributed by atoms with E-state index in [0.29, 0.717) is 33.4 Å². The van der Waals surface area contributed by atoms with Crippen molar-refractivity contribution < 1.29 is 19.1 Å². The van der Waals surface area contributed by atoms with Gasteiger partial charge in [-0.25, -0.2) is 9.97 Å². The van der Waals surface area contributed by atoms with Crippen molar-refractivity contribution in [3.05, 3.63) is 120 Å². The second kappa shape index (κ2) is 11.6. The number of thiophene rings is 1. The molecule has 0 bridgehead atoms. The average molecular weight is 564 g/mol. The lowest BCUT2D eigenvalue weighted by Crippen LogP contribution is -2.17. The maximum Gasteiger partial charge on any atom is 0.268 e. The summed E-state index contributed by atoms with van der Waals surface area (Å²) in [6.07, 6.45) is 2.11. The summed E-state index contributed by atoms with van der Waals surface area (Å²) in [6, 6.07) is 27.5. The zero-order chi connectivity index (χ0) is 28.2. The molecular formula is C31H25N5O4S. The highest BCUT2D eigenvalue weighted by atomic mass is 32.1. The van der Waals surface area contributed by atoms with E-state index in [-0.39, 0.29) is 24.8 Å². The zero-order valence-corrected chi connectivity index (χ0v) is 22.5. The number of rotatable bonds is 10. The predicted octanol–water partition coefficient (Wildman–Crippen LogP) is 6.03. The monoisotopic (exact) mass is 563 g/mol. The minimum atomic E-state index is -0.828. The molecule has 3 N–H and O–H groups in total. The van der Waals surface area contributed by atoms with Gasteiger partial charge in [-0.2, -0.15) is 0 Å². The van der Waals surface area contributed by atoms with Crippen LogP contribution in [-0.2, 0) is 6.54 Å². The summed E-state index contributed by atoms with van der Waals surface area (Å²) in [4.78, 5) is 35.7. The largest absolute Gasteiger partial charge is 0.443 e. The summed E-state index contributed by atoms with van der Waals surface area (Å²) in [6.45, 7) is 0.293. The molecule has 204 valence electrons. The maximum absolute atomic E-state index is 13.2. The zero-order valence-electron chi connectivity index (χ0n) is 21.7. The standard InChI is InChI=1S/C31H25N5O4S/c37-25(20-7-3-1-4-8-20)16-33-22-11-12-24-23(15-22)34-31(36(24)18-26(38)21-9-5-2-6-10-21)35-30(39)29-14-13-28(41-29)27-17-32-19-40-27/h1-15,17,19,26,33,38H,16,18H2,(H,34,35,39)/t26-/m0/s1. The van der Waals surface area contributed by atoms with Gasteiger partial charge in [0.15, 0.2) is 17.9 Å². The number of aliphatic hydroxyl groups is 1. The minimum Gasteiger partial charge on any atom is -0.443 e. The molecule has 10 heteroatoms. The number of hydrogen-bond donors (Lipinski definition) is 3. The molecular weight excluding hydrogens is 538 g/mol. The number of ketones is 1. The summed E-state index contributed by atoms with van der Waals surface area (Å²) in [5.74, 6) is 0.513. The lowest BCUT2D eigenvalue weighted by molar-refractivity contribution is 0.100. The minimum absolute atomic E-state index is 0.0317. The molecule has 41 heavy (non-hydrogen) atoms. The van der Waals surface area contributed by atoms with Gasteiger partial charge in [-0.15, -0.1) is 11.3 Å². The van der Waals surface area contributed by atoms with Crippen LogP contribution in [0.15, 0.2) is 108 Å². The van der Waals surface area contributed by atoms with Gasteiger partial charge in [-0.05, 0) is 35.9 Å². The van der Waals surface area contributed by atoms with Gasteiger partial charge >= 0.3 is 0 Å². The number of amides is 1. The first-order valence-corrected chi connectivity index (χ1v) is 13.7. The third-order valence-corrected chi connectivity index (χ3v) is 7.67. The van der Waals surface area contributed by atoms with Crippen LogP contribution in [0.25, 0.3) is 21.7 Å². The van der Waals surface area contributed by atoms with Crippen molar-refractivity contribution in [3.63, 3.8) is 0 Å².